The van der Waals surface area contributed by atoms with Gasteiger partial charge in [-0.3, -0.25) is 4.68 Å². The summed E-state index contributed by atoms with van der Waals surface area (Å²) in [6, 6.07) is 3.59. The predicted octanol–water partition coefficient (Wildman–Crippen LogP) is 1.42. The van der Waals surface area contributed by atoms with E-state index in [1.807, 2.05) is 13.2 Å². The van der Waals surface area contributed by atoms with Crippen molar-refractivity contribution in [2.45, 2.75) is 24.3 Å². The van der Waals surface area contributed by atoms with E-state index in [9.17, 15) is 12.8 Å². The minimum Gasteiger partial charge on any atom is -0.367 e. The Morgan fingerprint density at radius 2 is 2.17 bits per heavy atom. The van der Waals surface area contributed by atoms with Crippen molar-refractivity contribution in [2.75, 3.05) is 18.0 Å². The van der Waals surface area contributed by atoms with Crippen LogP contribution in [0, 0.1) is 12.7 Å². The molecule has 1 aliphatic rings. The second-order valence-electron chi connectivity index (χ2n) is 5.83. The Balaban J connectivity index is 1.73. The zero-order valence-electron chi connectivity index (χ0n) is 13.0. The number of anilines is 1. The summed E-state index contributed by atoms with van der Waals surface area (Å²) in [7, 11) is -1.90. The van der Waals surface area contributed by atoms with Crippen LogP contribution in [0.1, 0.15) is 12.0 Å². The highest BCUT2D eigenvalue weighted by atomic mass is 32.2. The van der Waals surface area contributed by atoms with Gasteiger partial charge in [-0.1, -0.05) is 6.07 Å². The first-order valence-corrected chi connectivity index (χ1v) is 8.85. The molecule has 0 spiro atoms. The summed E-state index contributed by atoms with van der Waals surface area (Å²) in [4.78, 5) is 2.08. The molecule has 6 nitrogen and oxygen atoms in total. The predicted molar refractivity (Wildman–Crippen MR) is 85.3 cm³/mol. The van der Waals surface area contributed by atoms with Crippen LogP contribution in [0.3, 0.4) is 0 Å². The Morgan fingerprint density at radius 1 is 1.39 bits per heavy atom. The number of aromatic nitrogens is 2. The summed E-state index contributed by atoms with van der Waals surface area (Å²) < 4.78 is 42.8. The van der Waals surface area contributed by atoms with Gasteiger partial charge >= 0.3 is 0 Å². The first-order chi connectivity index (χ1) is 10.8. The summed E-state index contributed by atoms with van der Waals surface area (Å²) in [6.45, 7) is 2.98. The van der Waals surface area contributed by atoms with Gasteiger partial charge in [0.25, 0.3) is 0 Å². The third kappa shape index (κ3) is 3.37. The average molecular weight is 338 g/mol. The van der Waals surface area contributed by atoms with Gasteiger partial charge in [0, 0.05) is 32.4 Å². The van der Waals surface area contributed by atoms with Crippen molar-refractivity contribution >= 4 is 15.7 Å². The van der Waals surface area contributed by atoms with Crippen LogP contribution in [0.2, 0.25) is 0 Å². The molecule has 1 aromatic carbocycles. The van der Waals surface area contributed by atoms with Gasteiger partial charge in [-0.05, 0) is 31.0 Å². The van der Waals surface area contributed by atoms with Crippen LogP contribution in [-0.4, -0.2) is 37.3 Å². The molecule has 1 fully saturated rings. The topological polar surface area (TPSA) is 67.2 Å². The molecule has 1 aromatic heterocycles. The third-order valence-electron chi connectivity index (χ3n) is 4.01. The number of hydrogen-bond acceptors (Lipinski definition) is 4. The highest BCUT2D eigenvalue weighted by Crippen LogP contribution is 2.22. The summed E-state index contributed by atoms with van der Waals surface area (Å²) in [5.74, 6) is -0.556. The molecule has 124 valence electrons. The van der Waals surface area contributed by atoms with E-state index in [4.69, 9.17) is 0 Å². The van der Waals surface area contributed by atoms with Gasteiger partial charge in [0.2, 0.25) is 10.0 Å². The molecule has 1 atom stereocenters. The van der Waals surface area contributed by atoms with Crippen molar-refractivity contribution in [2.24, 2.45) is 7.05 Å². The van der Waals surface area contributed by atoms with E-state index >= 15 is 0 Å². The standard InChI is InChI=1S/C15H19FN4O2S/c1-11-3-4-12(16)7-15(11)23(21,22)18-13-5-6-20(9-13)14-8-17-19(2)10-14/h3-4,7-8,10,13,18H,5-6,9H2,1-2H3. The lowest BCUT2D eigenvalue weighted by atomic mass is 10.2. The smallest absolute Gasteiger partial charge is 0.241 e. The maximum absolute atomic E-state index is 13.4. The normalized spacial score (nSPS) is 18.6. The summed E-state index contributed by atoms with van der Waals surface area (Å²) in [5, 5.41) is 4.12. The van der Waals surface area contributed by atoms with Gasteiger partial charge in [-0.2, -0.15) is 5.10 Å². The molecular weight excluding hydrogens is 319 g/mol. The van der Waals surface area contributed by atoms with Gasteiger partial charge in [-0.15, -0.1) is 0 Å². The van der Waals surface area contributed by atoms with E-state index in [0.717, 1.165) is 18.3 Å². The maximum Gasteiger partial charge on any atom is 0.241 e. The first-order valence-electron chi connectivity index (χ1n) is 7.37. The van der Waals surface area contributed by atoms with Crippen molar-refractivity contribution in [1.29, 1.82) is 0 Å². The highest BCUT2D eigenvalue weighted by molar-refractivity contribution is 7.89. The molecule has 0 saturated carbocycles. The fourth-order valence-electron chi connectivity index (χ4n) is 2.81. The van der Waals surface area contributed by atoms with Crippen LogP contribution < -0.4 is 9.62 Å². The van der Waals surface area contributed by atoms with Gasteiger partial charge in [-0.25, -0.2) is 17.5 Å². The first kappa shape index (κ1) is 15.9. The monoisotopic (exact) mass is 338 g/mol. The molecule has 1 aliphatic heterocycles. The number of nitrogens with one attached hydrogen (secondary N) is 1. The van der Waals surface area contributed by atoms with Gasteiger partial charge in [0.15, 0.2) is 0 Å². The number of benzene rings is 1. The van der Waals surface area contributed by atoms with Gasteiger partial charge < -0.3 is 4.90 Å². The van der Waals surface area contributed by atoms with Crippen LogP contribution in [0.25, 0.3) is 0 Å². The van der Waals surface area contributed by atoms with E-state index < -0.39 is 15.8 Å². The van der Waals surface area contributed by atoms with Crippen LogP contribution in [0.4, 0.5) is 10.1 Å². The molecule has 23 heavy (non-hydrogen) atoms. The van der Waals surface area contributed by atoms with E-state index in [1.165, 1.54) is 12.1 Å². The van der Waals surface area contributed by atoms with E-state index in [2.05, 4.69) is 14.7 Å². The molecule has 3 rings (SSSR count). The number of halogens is 1. The van der Waals surface area contributed by atoms with E-state index in [0.29, 0.717) is 18.5 Å². The Hall–Kier alpha value is -1.93. The van der Waals surface area contributed by atoms with Gasteiger partial charge in [0.05, 0.1) is 16.8 Å². The summed E-state index contributed by atoms with van der Waals surface area (Å²) in [5.41, 5.74) is 1.50. The zero-order valence-corrected chi connectivity index (χ0v) is 13.8. The number of hydrogen-bond donors (Lipinski definition) is 1. The lowest BCUT2D eigenvalue weighted by Gasteiger charge is -2.17. The number of rotatable bonds is 4. The van der Waals surface area contributed by atoms with Crippen molar-refractivity contribution in [1.82, 2.24) is 14.5 Å². The van der Waals surface area contributed by atoms with Crippen molar-refractivity contribution in [3.63, 3.8) is 0 Å². The largest absolute Gasteiger partial charge is 0.367 e. The molecule has 0 bridgehead atoms. The maximum atomic E-state index is 13.4. The Labute approximate surface area is 135 Å². The van der Waals surface area contributed by atoms with E-state index in [1.54, 1.807) is 17.8 Å². The molecule has 8 heteroatoms. The molecular formula is C15H19FN4O2S. The van der Waals surface area contributed by atoms with Crippen LogP contribution in [-0.2, 0) is 17.1 Å². The minimum absolute atomic E-state index is 0.00247. The summed E-state index contributed by atoms with van der Waals surface area (Å²) in [6.07, 6.45) is 4.35. The number of nitrogens with zero attached hydrogens (tertiary/aromatic N) is 3. The minimum atomic E-state index is -3.73. The molecule has 1 N–H and O–H groups in total. The molecule has 0 amide bonds. The van der Waals surface area contributed by atoms with Crippen LogP contribution in [0.15, 0.2) is 35.5 Å². The summed E-state index contributed by atoms with van der Waals surface area (Å²) >= 11 is 0. The lowest BCUT2D eigenvalue weighted by molar-refractivity contribution is 0.558. The van der Waals surface area contributed by atoms with Crippen molar-refractivity contribution < 1.29 is 12.8 Å². The quantitative estimate of drug-likeness (QED) is 0.916. The molecule has 1 saturated heterocycles. The highest BCUT2D eigenvalue weighted by Gasteiger charge is 2.28. The Morgan fingerprint density at radius 3 is 2.87 bits per heavy atom. The van der Waals surface area contributed by atoms with Crippen molar-refractivity contribution in [3.05, 3.63) is 42.0 Å². The van der Waals surface area contributed by atoms with Crippen LogP contribution in [0.5, 0.6) is 0 Å². The number of sulfonamides is 1. The fourth-order valence-corrected chi connectivity index (χ4v) is 4.33. The fraction of sp³-hybridized carbons (Fsp3) is 0.400. The molecule has 0 radical (unpaired) electrons. The zero-order chi connectivity index (χ0) is 16.6. The average Bonchev–Trinajstić information content (AvgIpc) is 3.10. The molecule has 0 aliphatic carbocycles. The Bertz CT molecular complexity index is 819. The van der Waals surface area contributed by atoms with Crippen molar-refractivity contribution in [3.8, 4) is 0 Å². The lowest BCUT2D eigenvalue weighted by Crippen LogP contribution is -2.37. The number of aryl methyl sites for hydroxylation is 2. The molecule has 2 heterocycles. The second-order valence-corrected chi connectivity index (χ2v) is 7.52. The third-order valence-corrected chi connectivity index (χ3v) is 5.67. The molecule has 2 aromatic rings. The van der Waals surface area contributed by atoms with Gasteiger partial charge in [0.1, 0.15) is 5.82 Å². The molecule has 1 unspecified atom stereocenters. The SMILES string of the molecule is Cc1ccc(F)cc1S(=O)(=O)NC1CCN(c2cnn(C)c2)C1. The van der Waals surface area contributed by atoms with E-state index in [-0.39, 0.29) is 10.9 Å². The second kappa shape index (κ2) is 5.93. The van der Waals surface area contributed by atoms with Crippen LogP contribution >= 0.6 is 0 Å². The Kier molecular flexibility index (Phi) is 4.11.